The summed E-state index contributed by atoms with van der Waals surface area (Å²) in [7, 11) is 1.66. The van der Waals surface area contributed by atoms with E-state index in [9.17, 15) is 0 Å². The molecule has 0 amide bonds. The Hall–Kier alpha value is -2.10. The maximum atomic E-state index is 5.31. The van der Waals surface area contributed by atoms with Gasteiger partial charge in [-0.15, -0.1) is 0 Å². The van der Waals surface area contributed by atoms with E-state index in [0.717, 1.165) is 27.6 Å². The van der Waals surface area contributed by atoms with Crippen molar-refractivity contribution in [2.24, 2.45) is 0 Å². The molecule has 1 aromatic carbocycles. The highest BCUT2D eigenvalue weighted by Gasteiger charge is 2.12. The molecule has 0 saturated heterocycles. The van der Waals surface area contributed by atoms with E-state index < -0.39 is 0 Å². The Morgan fingerprint density at radius 2 is 2.40 bits per heavy atom. The molecule has 0 aliphatic rings. The van der Waals surface area contributed by atoms with Gasteiger partial charge in [0.25, 0.3) is 0 Å². The van der Waals surface area contributed by atoms with Gasteiger partial charge in [0.2, 0.25) is 5.52 Å². The lowest BCUT2D eigenvalue weighted by Crippen LogP contribution is -2.01. The van der Waals surface area contributed by atoms with Crippen molar-refractivity contribution >= 4 is 21.8 Å². The van der Waals surface area contributed by atoms with Crippen LogP contribution in [0.4, 0.5) is 0 Å². The van der Waals surface area contributed by atoms with E-state index in [1.807, 2.05) is 24.4 Å². The first-order valence-electron chi connectivity index (χ1n) is 4.70. The van der Waals surface area contributed by atoms with E-state index >= 15 is 0 Å². The minimum Gasteiger partial charge on any atom is -0.494 e. The van der Waals surface area contributed by atoms with Crippen LogP contribution in [0.5, 0.6) is 5.75 Å². The molecule has 2 heterocycles. The van der Waals surface area contributed by atoms with Crippen molar-refractivity contribution in [1.82, 2.24) is 10.2 Å². The summed E-state index contributed by atoms with van der Waals surface area (Å²) in [6.07, 6.45) is 3.71. The van der Waals surface area contributed by atoms with Crippen molar-refractivity contribution in [2.45, 2.75) is 0 Å². The number of nitrogens with zero attached hydrogens (tertiary/aromatic N) is 1. The molecule has 4 heteroatoms. The number of fused-ring (bicyclic) bond motifs is 3. The summed E-state index contributed by atoms with van der Waals surface area (Å²) in [6, 6.07) is 6.00. The zero-order valence-corrected chi connectivity index (χ0v) is 8.24. The van der Waals surface area contributed by atoms with Crippen molar-refractivity contribution in [3.63, 3.8) is 0 Å². The van der Waals surface area contributed by atoms with Crippen molar-refractivity contribution < 1.29 is 9.72 Å². The average Bonchev–Trinajstić information content (AvgIpc) is 2.77. The Balaban J connectivity index is 2.57. The Bertz CT molecular complexity index is 630. The Labute approximate surface area is 85.9 Å². The van der Waals surface area contributed by atoms with E-state index in [2.05, 4.69) is 15.2 Å². The van der Waals surface area contributed by atoms with Gasteiger partial charge in [-0.25, -0.2) is 4.98 Å². The lowest BCUT2D eigenvalue weighted by molar-refractivity contribution is -0.343. The van der Waals surface area contributed by atoms with Crippen molar-refractivity contribution in [1.29, 1.82) is 0 Å². The van der Waals surface area contributed by atoms with Gasteiger partial charge in [0.15, 0.2) is 6.20 Å². The predicted molar refractivity (Wildman–Crippen MR) is 56.7 cm³/mol. The van der Waals surface area contributed by atoms with Crippen LogP contribution >= 0.6 is 0 Å². The number of aromatic amines is 2. The molecule has 4 nitrogen and oxygen atoms in total. The lowest BCUT2D eigenvalue weighted by atomic mass is 10.1. The SMILES string of the molecule is COc1cc2ccc[nH+]c2c2cn[nH]c12. The molecule has 0 spiro atoms. The van der Waals surface area contributed by atoms with Gasteiger partial charge in [-0.3, -0.25) is 5.10 Å². The van der Waals surface area contributed by atoms with E-state index in [4.69, 9.17) is 4.74 Å². The van der Waals surface area contributed by atoms with E-state index in [-0.39, 0.29) is 0 Å². The summed E-state index contributed by atoms with van der Waals surface area (Å²) in [5.74, 6) is 0.814. The van der Waals surface area contributed by atoms with Crippen LogP contribution in [0.1, 0.15) is 0 Å². The molecule has 0 unspecified atom stereocenters. The molecule has 0 bridgehead atoms. The topological polar surface area (TPSA) is 52.1 Å². The zero-order chi connectivity index (χ0) is 10.3. The second-order valence-electron chi connectivity index (χ2n) is 3.37. The van der Waals surface area contributed by atoms with Crippen molar-refractivity contribution in [3.05, 3.63) is 30.6 Å². The van der Waals surface area contributed by atoms with Crippen LogP contribution in [0.25, 0.3) is 21.8 Å². The molecule has 0 atom stereocenters. The molecule has 0 aliphatic carbocycles. The highest BCUT2D eigenvalue weighted by Crippen LogP contribution is 2.28. The van der Waals surface area contributed by atoms with Gasteiger partial charge in [-0.05, 0) is 12.1 Å². The van der Waals surface area contributed by atoms with Gasteiger partial charge in [-0.2, -0.15) is 5.10 Å². The molecular formula is C11H10N3O+. The molecule has 3 rings (SSSR count). The summed E-state index contributed by atoms with van der Waals surface area (Å²) in [4.78, 5) is 3.22. The number of rotatable bonds is 1. The van der Waals surface area contributed by atoms with E-state index in [0.29, 0.717) is 0 Å². The molecule has 0 saturated carbocycles. The average molecular weight is 200 g/mol. The zero-order valence-electron chi connectivity index (χ0n) is 8.24. The molecule has 0 aliphatic heterocycles. The minimum atomic E-state index is 0.814. The van der Waals surface area contributed by atoms with Gasteiger partial charge < -0.3 is 4.74 Å². The fraction of sp³-hybridized carbons (Fsp3) is 0.0909. The number of benzene rings is 1. The van der Waals surface area contributed by atoms with E-state index in [1.165, 1.54) is 0 Å². The maximum absolute atomic E-state index is 5.31. The number of nitrogens with one attached hydrogen (secondary N) is 2. The van der Waals surface area contributed by atoms with Gasteiger partial charge in [0.1, 0.15) is 11.3 Å². The lowest BCUT2D eigenvalue weighted by Gasteiger charge is -2.01. The first-order valence-corrected chi connectivity index (χ1v) is 4.70. The first kappa shape index (κ1) is 8.23. The van der Waals surface area contributed by atoms with Gasteiger partial charge in [-0.1, -0.05) is 0 Å². The van der Waals surface area contributed by atoms with Crippen molar-refractivity contribution in [2.75, 3.05) is 7.11 Å². The number of H-pyrrole nitrogens is 2. The first-order chi connectivity index (χ1) is 7.40. The third-order valence-corrected chi connectivity index (χ3v) is 2.55. The molecule has 0 fully saturated rings. The molecule has 2 aromatic heterocycles. The largest absolute Gasteiger partial charge is 0.494 e. The summed E-state index contributed by atoms with van der Waals surface area (Å²) < 4.78 is 5.31. The standard InChI is InChI=1S/C11H9N3O/c1-15-9-5-7-3-2-4-12-10(7)8-6-13-14-11(8)9/h2-6H,1H3,(H,13,14)/p+1. The third kappa shape index (κ3) is 1.08. The summed E-state index contributed by atoms with van der Waals surface area (Å²) in [5.41, 5.74) is 1.99. The van der Waals surface area contributed by atoms with Crippen LogP contribution in [0.3, 0.4) is 0 Å². The normalized spacial score (nSPS) is 11.0. The summed E-state index contributed by atoms with van der Waals surface area (Å²) in [5, 5.41) is 9.13. The number of hydrogen-bond donors (Lipinski definition) is 1. The van der Waals surface area contributed by atoms with Gasteiger partial charge >= 0.3 is 0 Å². The van der Waals surface area contributed by atoms with Crippen LogP contribution in [0.15, 0.2) is 30.6 Å². The van der Waals surface area contributed by atoms with Crippen LogP contribution in [0, 0.1) is 0 Å². The second-order valence-corrected chi connectivity index (χ2v) is 3.37. The molecule has 0 radical (unpaired) electrons. The van der Waals surface area contributed by atoms with Gasteiger partial charge in [0.05, 0.1) is 24.1 Å². The molecule has 2 N–H and O–H groups in total. The Kier molecular flexibility index (Phi) is 1.62. The van der Waals surface area contributed by atoms with Crippen molar-refractivity contribution in [3.8, 4) is 5.75 Å². The molecular weight excluding hydrogens is 190 g/mol. The number of pyridine rings is 1. The summed E-state index contributed by atoms with van der Waals surface area (Å²) in [6.45, 7) is 0. The number of aromatic nitrogens is 3. The highest BCUT2D eigenvalue weighted by atomic mass is 16.5. The Morgan fingerprint density at radius 3 is 3.27 bits per heavy atom. The monoisotopic (exact) mass is 200 g/mol. The smallest absolute Gasteiger partial charge is 0.222 e. The maximum Gasteiger partial charge on any atom is 0.222 e. The third-order valence-electron chi connectivity index (χ3n) is 2.55. The number of ether oxygens (including phenoxy) is 1. The minimum absolute atomic E-state index is 0.814. The van der Waals surface area contributed by atoms with E-state index in [1.54, 1.807) is 13.3 Å². The predicted octanol–water partition coefficient (Wildman–Crippen LogP) is 1.54. The molecule has 15 heavy (non-hydrogen) atoms. The van der Waals surface area contributed by atoms with Crippen LogP contribution in [-0.4, -0.2) is 17.3 Å². The number of hydrogen-bond acceptors (Lipinski definition) is 2. The Morgan fingerprint density at radius 1 is 1.47 bits per heavy atom. The highest BCUT2D eigenvalue weighted by molar-refractivity contribution is 6.04. The van der Waals surface area contributed by atoms with Gasteiger partial charge in [0, 0.05) is 6.07 Å². The van der Waals surface area contributed by atoms with Crippen LogP contribution in [0.2, 0.25) is 0 Å². The second kappa shape index (κ2) is 2.95. The van der Waals surface area contributed by atoms with Crippen LogP contribution < -0.4 is 9.72 Å². The fourth-order valence-corrected chi connectivity index (χ4v) is 1.84. The number of methoxy groups -OCH3 is 1. The molecule has 74 valence electrons. The van der Waals surface area contributed by atoms with Crippen LogP contribution in [-0.2, 0) is 0 Å². The quantitative estimate of drug-likeness (QED) is 0.647. The molecule has 3 aromatic rings. The fourth-order valence-electron chi connectivity index (χ4n) is 1.84. The summed E-state index contributed by atoms with van der Waals surface area (Å²) >= 11 is 0.